The molecule has 6 heteroatoms. The second-order valence-electron chi connectivity index (χ2n) is 3.20. The molecule has 2 rings (SSSR count). The van der Waals surface area contributed by atoms with Crippen LogP contribution in [0.5, 0.6) is 0 Å². The molecule has 3 nitrogen and oxygen atoms in total. The van der Waals surface area contributed by atoms with Crippen molar-refractivity contribution in [2.75, 3.05) is 11.6 Å². The van der Waals surface area contributed by atoms with Crippen LogP contribution in [0.3, 0.4) is 0 Å². The lowest BCUT2D eigenvalue weighted by Crippen LogP contribution is -2.41. The highest BCUT2D eigenvalue weighted by Crippen LogP contribution is 2.21. The van der Waals surface area contributed by atoms with E-state index in [1.807, 2.05) is 12.1 Å². The van der Waals surface area contributed by atoms with E-state index in [4.69, 9.17) is 11.6 Å². The number of amides is 1. The van der Waals surface area contributed by atoms with Crippen LogP contribution in [0, 0.1) is 0 Å². The zero-order valence-electron chi connectivity index (χ0n) is 7.96. The first-order chi connectivity index (χ1) is 7.25. The molecule has 1 amide bonds. The van der Waals surface area contributed by atoms with Gasteiger partial charge in [0.1, 0.15) is 0 Å². The second-order valence-corrected chi connectivity index (χ2v) is 6.03. The number of nitrogens with one attached hydrogen (secondary N) is 2. The summed E-state index contributed by atoms with van der Waals surface area (Å²) in [5, 5.41) is 6.02. The van der Waals surface area contributed by atoms with Crippen molar-refractivity contribution in [3.05, 3.63) is 21.3 Å². The number of thiophene rings is 1. The molecule has 1 unspecified atom stereocenters. The predicted octanol–water partition coefficient (Wildman–Crippen LogP) is 1.68. The van der Waals surface area contributed by atoms with Gasteiger partial charge in [-0.2, -0.15) is 0 Å². The quantitative estimate of drug-likeness (QED) is 0.871. The number of hydrogen-bond donors (Lipinski definition) is 2. The van der Waals surface area contributed by atoms with Crippen LogP contribution < -0.4 is 10.6 Å². The first-order valence-electron chi connectivity index (χ1n) is 4.59. The van der Waals surface area contributed by atoms with Gasteiger partial charge in [-0.25, -0.2) is 0 Å². The largest absolute Gasteiger partial charge is 0.350 e. The number of carbonyl (C=O) groups is 1. The van der Waals surface area contributed by atoms with Gasteiger partial charge in [0.05, 0.1) is 16.9 Å². The summed E-state index contributed by atoms with van der Waals surface area (Å²) in [4.78, 5) is 12.7. The summed E-state index contributed by atoms with van der Waals surface area (Å²) in [6, 6.07) is 3.74. The first kappa shape index (κ1) is 11.3. The third-order valence-electron chi connectivity index (χ3n) is 2.10. The van der Waals surface area contributed by atoms with Gasteiger partial charge in [-0.15, -0.1) is 23.1 Å². The maximum absolute atomic E-state index is 11.6. The van der Waals surface area contributed by atoms with Gasteiger partial charge in [0, 0.05) is 16.5 Å². The molecule has 1 aliphatic rings. The highest BCUT2D eigenvalue weighted by molar-refractivity contribution is 7.99. The number of hydrogen-bond acceptors (Lipinski definition) is 4. The average molecular weight is 263 g/mol. The number of rotatable bonds is 3. The van der Waals surface area contributed by atoms with Gasteiger partial charge in [-0.1, -0.05) is 11.6 Å². The van der Waals surface area contributed by atoms with Crippen molar-refractivity contribution < 1.29 is 4.79 Å². The lowest BCUT2D eigenvalue weighted by Gasteiger charge is -2.09. The third-order valence-corrected chi connectivity index (χ3v) is 4.27. The van der Waals surface area contributed by atoms with E-state index in [2.05, 4.69) is 10.6 Å². The van der Waals surface area contributed by atoms with Gasteiger partial charge in [-0.3, -0.25) is 10.1 Å². The Labute approximate surface area is 102 Å². The SMILES string of the molecule is O=C(NCc1ccc(Cl)s1)C1CSCN1. The second kappa shape index (κ2) is 5.21. The van der Waals surface area contributed by atoms with E-state index in [0.29, 0.717) is 6.54 Å². The smallest absolute Gasteiger partial charge is 0.238 e. The monoisotopic (exact) mass is 262 g/mol. The molecule has 1 aliphatic heterocycles. The van der Waals surface area contributed by atoms with Crippen molar-refractivity contribution in [3.63, 3.8) is 0 Å². The molecule has 1 fully saturated rings. The van der Waals surface area contributed by atoms with E-state index in [9.17, 15) is 4.79 Å². The molecule has 2 N–H and O–H groups in total. The molecule has 1 atom stereocenters. The lowest BCUT2D eigenvalue weighted by molar-refractivity contribution is -0.122. The minimum atomic E-state index is -0.0366. The molecule has 0 saturated carbocycles. The highest BCUT2D eigenvalue weighted by Gasteiger charge is 2.21. The molecule has 82 valence electrons. The van der Waals surface area contributed by atoms with Gasteiger partial charge in [0.2, 0.25) is 5.91 Å². The molecule has 1 aromatic rings. The molecule has 1 aromatic heterocycles. The van der Waals surface area contributed by atoms with E-state index in [1.165, 1.54) is 11.3 Å². The van der Waals surface area contributed by atoms with E-state index in [1.54, 1.807) is 11.8 Å². The minimum Gasteiger partial charge on any atom is -0.350 e. The highest BCUT2D eigenvalue weighted by atomic mass is 35.5. The third kappa shape index (κ3) is 3.11. The molecule has 15 heavy (non-hydrogen) atoms. The molecule has 2 heterocycles. The molecule has 1 saturated heterocycles. The Kier molecular flexibility index (Phi) is 3.91. The Balaban J connectivity index is 1.80. The van der Waals surface area contributed by atoms with E-state index < -0.39 is 0 Å². The molecular formula is C9H11ClN2OS2. The van der Waals surface area contributed by atoms with Crippen molar-refractivity contribution in [2.24, 2.45) is 0 Å². The van der Waals surface area contributed by atoms with Crippen LogP contribution in [0.2, 0.25) is 4.34 Å². The maximum Gasteiger partial charge on any atom is 0.238 e. The van der Waals surface area contributed by atoms with E-state index in [-0.39, 0.29) is 11.9 Å². The van der Waals surface area contributed by atoms with Crippen LogP contribution in [-0.4, -0.2) is 23.6 Å². The zero-order chi connectivity index (χ0) is 10.7. The Morgan fingerprint density at radius 1 is 1.67 bits per heavy atom. The average Bonchev–Trinajstić information content (AvgIpc) is 2.84. The summed E-state index contributed by atoms with van der Waals surface area (Å²) in [5.74, 6) is 1.80. The van der Waals surface area contributed by atoms with Crippen LogP contribution in [-0.2, 0) is 11.3 Å². The summed E-state index contributed by atoms with van der Waals surface area (Å²) in [6.45, 7) is 0.569. The van der Waals surface area contributed by atoms with Crippen molar-refractivity contribution >= 4 is 40.6 Å². The Morgan fingerprint density at radius 2 is 2.53 bits per heavy atom. The Bertz CT molecular complexity index is 350. The first-order valence-corrected chi connectivity index (χ1v) is 6.93. The fourth-order valence-corrected chi connectivity index (χ4v) is 3.28. The summed E-state index contributed by atoms with van der Waals surface area (Å²) in [5.41, 5.74) is 0. The maximum atomic E-state index is 11.6. The Morgan fingerprint density at radius 3 is 3.13 bits per heavy atom. The summed E-state index contributed by atoms with van der Waals surface area (Å²) < 4.78 is 0.758. The Hall–Kier alpha value is -0.230. The molecule has 0 aromatic carbocycles. The van der Waals surface area contributed by atoms with Gasteiger partial charge in [0.25, 0.3) is 0 Å². The van der Waals surface area contributed by atoms with Crippen LogP contribution in [0.1, 0.15) is 4.88 Å². The molecule has 0 spiro atoms. The standard InChI is InChI=1S/C9H11ClN2OS2/c10-8-2-1-6(15-8)3-11-9(13)7-4-14-5-12-7/h1-2,7,12H,3-5H2,(H,11,13). The van der Waals surface area contributed by atoms with Crippen molar-refractivity contribution in [1.82, 2.24) is 10.6 Å². The van der Waals surface area contributed by atoms with Crippen LogP contribution in [0.4, 0.5) is 0 Å². The molecule has 0 radical (unpaired) electrons. The molecular weight excluding hydrogens is 252 g/mol. The van der Waals surface area contributed by atoms with Crippen LogP contribution in [0.15, 0.2) is 12.1 Å². The zero-order valence-corrected chi connectivity index (χ0v) is 10.3. The van der Waals surface area contributed by atoms with Crippen molar-refractivity contribution in [2.45, 2.75) is 12.6 Å². The van der Waals surface area contributed by atoms with Gasteiger partial charge < -0.3 is 5.32 Å². The number of thioether (sulfide) groups is 1. The van der Waals surface area contributed by atoms with E-state index in [0.717, 1.165) is 20.8 Å². The minimum absolute atomic E-state index is 0.0366. The molecule has 0 aliphatic carbocycles. The predicted molar refractivity (Wildman–Crippen MR) is 65.4 cm³/mol. The van der Waals surface area contributed by atoms with Crippen LogP contribution in [0.25, 0.3) is 0 Å². The van der Waals surface area contributed by atoms with E-state index >= 15 is 0 Å². The number of halogens is 1. The summed E-state index contributed by atoms with van der Waals surface area (Å²) in [6.07, 6.45) is 0. The normalized spacial score (nSPS) is 20.5. The van der Waals surface area contributed by atoms with Crippen molar-refractivity contribution in [1.29, 1.82) is 0 Å². The fraction of sp³-hybridized carbons (Fsp3) is 0.444. The summed E-state index contributed by atoms with van der Waals surface area (Å²) in [7, 11) is 0. The van der Waals surface area contributed by atoms with Gasteiger partial charge in [-0.05, 0) is 12.1 Å². The van der Waals surface area contributed by atoms with Crippen molar-refractivity contribution in [3.8, 4) is 0 Å². The number of carbonyl (C=O) groups excluding carboxylic acids is 1. The van der Waals surface area contributed by atoms with Gasteiger partial charge in [0.15, 0.2) is 0 Å². The lowest BCUT2D eigenvalue weighted by atomic mass is 10.3. The fourth-order valence-electron chi connectivity index (χ4n) is 1.31. The summed E-state index contributed by atoms with van der Waals surface area (Å²) >= 11 is 9.04. The van der Waals surface area contributed by atoms with Crippen LogP contribution >= 0.6 is 34.7 Å². The molecule has 0 bridgehead atoms. The topological polar surface area (TPSA) is 41.1 Å². The van der Waals surface area contributed by atoms with Gasteiger partial charge >= 0.3 is 0 Å².